The van der Waals surface area contributed by atoms with Crippen LogP contribution in [0.1, 0.15) is 13.8 Å². The number of hydrogen-bond donors (Lipinski definition) is 2. The standard InChI is InChI=1S/C20H23N3O5/c1-13(24)21-15-5-7-16(8-6-15)23(14(2)25)12-20(26)22-18-11-17(27-3)9-10-19(18)28-4/h5-11H,12H2,1-4H3,(H,21,24)(H,22,26). The number of carbonyl (C=O) groups is 3. The summed E-state index contributed by atoms with van der Waals surface area (Å²) in [6.45, 7) is 2.60. The Kier molecular flexibility index (Phi) is 6.97. The molecule has 0 saturated carbocycles. The lowest BCUT2D eigenvalue weighted by Crippen LogP contribution is -2.36. The van der Waals surface area contributed by atoms with Gasteiger partial charge in [-0.25, -0.2) is 0 Å². The lowest BCUT2D eigenvalue weighted by atomic mass is 10.2. The van der Waals surface area contributed by atoms with Gasteiger partial charge in [-0.05, 0) is 36.4 Å². The van der Waals surface area contributed by atoms with Gasteiger partial charge in [0.15, 0.2) is 0 Å². The van der Waals surface area contributed by atoms with Crippen molar-refractivity contribution >= 4 is 34.8 Å². The quantitative estimate of drug-likeness (QED) is 0.764. The van der Waals surface area contributed by atoms with Crippen LogP contribution in [0.4, 0.5) is 17.1 Å². The van der Waals surface area contributed by atoms with E-state index in [1.165, 1.54) is 33.0 Å². The monoisotopic (exact) mass is 385 g/mol. The van der Waals surface area contributed by atoms with Crippen LogP contribution in [0.2, 0.25) is 0 Å². The Morgan fingerprint density at radius 2 is 1.61 bits per heavy atom. The molecule has 28 heavy (non-hydrogen) atoms. The van der Waals surface area contributed by atoms with Gasteiger partial charge in [0.05, 0.1) is 19.9 Å². The molecule has 148 valence electrons. The van der Waals surface area contributed by atoms with Gasteiger partial charge in [0, 0.05) is 31.3 Å². The summed E-state index contributed by atoms with van der Waals surface area (Å²) in [6, 6.07) is 11.7. The maximum atomic E-state index is 12.5. The van der Waals surface area contributed by atoms with Crippen molar-refractivity contribution in [2.75, 3.05) is 36.3 Å². The number of anilines is 3. The molecular weight excluding hydrogens is 362 g/mol. The zero-order valence-electron chi connectivity index (χ0n) is 16.2. The average molecular weight is 385 g/mol. The van der Waals surface area contributed by atoms with Crippen LogP contribution >= 0.6 is 0 Å². The van der Waals surface area contributed by atoms with Crippen LogP contribution in [0, 0.1) is 0 Å². The predicted molar refractivity (Wildman–Crippen MR) is 107 cm³/mol. The minimum Gasteiger partial charge on any atom is -0.497 e. The first kappa shape index (κ1) is 20.8. The summed E-state index contributed by atoms with van der Waals surface area (Å²) in [7, 11) is 3.02. The van der Waals surface area contributed by atoms with Gasteiger partial charge in [-0.3, -0.25) is 14.4 Å². The Morgan fingerprint density at radius 1 is 0.929 bits per heavy atom. The van der Waals surface area contributed by atoms with Gasteiger partial charge in [-0.1, -0.05) is 0 Å². The summed E-state index contributed by atoms with van der Waals surface area (Å²) in [5.74, 6) is 0.159. The summed E-state index contributed by atoms with van der Waals surface area (Å²) in [4.78, 5) is 37.0. The summed E-state index contributed by atoms with van der Waals surface area (Å²) in [6.07, 6.45) is 0. The van der Waals surface area contributed by atoms with Crippen molar-refractivity contribution in [2.24, 2.45) is 0 Å². The third-order valence-electron chi connectivity index (χ3n) is 3.86. The second kappa shape index (κ2) is 9.40. The first-order valence-corrected chi connectivity index (χ1v) is 8.51. The number of rotatable bonds is 7. The topological polar surface area (TPSA) is 97.0 Å². The number of nitrogens with one attached hydrogen (secondary N) is 2. The van der Waals surface area contributed by atoms with Crippen LogP contribution in [0.25, 0.3) is 0 Å². The molecular formula is C20H23N3O5. The van der Waals surface area contributed by atoms with E-state index in [0.29, 0.717) is 28.6 Å². The van der Waals surface area contributed by atoms with E-state index in [2.05, 4.69) is 10.6 Å². The van der Waals surface area contributed by atoms with E-state index in [0.717, 1.165) is 0 Å². The van der Waals surface area contributed by atoms with E-state index < -0.39 is 5.91 Å². The molecule has 0 heterocycles. The Hall–Kier alpha value is -3.55. The van der Waals surface area contributed by atoms with Crippen LogP contribution in [-0.4, -0.2) is 38.5 Å². The van der Waals surface area contributed by atoms with E-state index in [1.54, 1.807) is 42.5 Å². The SMILES string of the molecule is COc1ccc(OC)c(NC(=O)CN(C(C)=O)c2ccc(NC(C)=O)cc2)c1. The molecule has 2 rings (SSSR count). The second-order valence-electron chi connectivity index (χ2n) is 5.95. The summed E-state index contributed by atoms with van der Waals surface area (Å²) >= 11 is 0. The Morgan fingerprint density at radius 3 is 2.14 bits per heavy atom. The maximum absolute atomic E-state index is 12.5. The smallest absolute Gasteiger partial charge is 0.244 e. The Labute approximate surface area is 163 Å². The molecule has 0 bridgehead atoms. The van der Waals surface area contributed by atoms with Crippen LogP contribution in [0.15, 0.2) is 42.5 Å². The number of carbonyl (C=O) groups excluding carboxylic acids is 3. The molecule has 0 spiro atoms. The van der Waals surface area contributed by atoms with Crippen molar-refractivity contribution in [3.05, 3.63) is 42.5 Å². The third-order valence-corrected chi connectivity index (χ3v) is 3.86. The zero-order valence-corrected chi connectivity index (χ0v) is 16.2. The largest absolute Gasteiger partial charge is 0.497 e. The molecule has 0 aliphatic carbocycles. The molecule has 2 aromatic rings. The summed E-state index contributed by atoms with van der Waals surface area (Å²) in [5.41, 5.74) is 1.58. The van der Waals surface area contributed by atoms with Crippen molar-refractivity contribution in [1.82, 2.24) is 0 Å². The molecule has 2 N–H and O–H groups in total. The highest BCUT2D eigenvalue weighted by molar-refractivity contribution is 6.02. The molecule has 0 fully saturated rings. The highest BCUT2D eigenvalue weighted by Crippen LogP contribution is 2.29. The highest BCUT2D eigenvalue weighted by Gasteiger charge is 2.17. The second-order valence-corrected chi connectivity index (χ2v) is 5.95. The van der Waals surface area contributed by atoms with Crippen molar-refractivity contribution in [2.45, 2.75) is 13.8 Å². The zero-order chi connectivity index (χ0) is 20.7. The molecule has 0 atom stereocenters. The molecule has 0 unspecified atom stereocenters. The fourth-order valence-electron chi connectivity index (χ4n) is 2.56. The van der Waals surface area contributed by atoms with E-state index in [-0.39, 0.29) is 18.4 Å². The van der Waals surface area contributed by atoms with Crippen LogP contribution in [0.3, 0.4) is 0 Å². The molecule has 0 aliphatic heterocycles. The van der Waals surface area contributed by atoms with Crippen LogP contribution in [0.5, 0.6) is 11.5 Å². The predicted octanol–water partition coefficient (Wildman–Crippen LogP) is 2.65. The van der Waals surface area contributed by atoms with E-state index in [1.807, 2.05) is 0 Å². The van der Waals surface area contributed by atoms with Crippen LogP contribution < -0.4 is 25.0 Å². The number of methoxy groups -OCH3 is 2. The normalized spacial score (nSPS) is 10.0. The van der Waals surface area contributed by atoms with Crippen molar-refractivity contribution in [3.63, 3.8) is 0 Å². The van der Waals surface area contributed by atoms with Gasteiger partial charge in [0.2, 0.25) is 17.7 Å². The minimum absolute atomic E-state index is 0.185. The molecule has 0 aromatic heterocycles. The number of hydrogen-bond acceptors (Lipinski definition) is 5. The highest BCUT2D eigenvalue weighted by atomic mass is 16.5. The van der Waals surface area contributed by atoms with E-state index >= 15 is 0 Å². The van der Waals surface area contributed by atoms with Gasteiger partial charge in [0.25, 0.3) is 0 Å². The van der Waals surface area contributed by atoms with Gasteiger partial charge < -0.3 is 25.0 Å². The fourth-order valence-corrected chi connectivity index (χ4v) is 2.56. The number of nitrogens with zero attached hydrogens (tertiary/aromatic N) is 1. The Balaban J connectivity index is 2.15. The summed E-state index contributed by atoms with van der Waals surface area (Å²) in [5, 5.41) is 5.38. The van der Waals surface area contributed by atoms with E-state index in [9.17, 15) is 14.4 Å². The average Bonchev–Trinajstić information content (AvgIpc) is 2.66. The van der Waals surface area contributed by atoms with Crippen molar-refractivity contribution in [3.8, 4) is 11.5 Å². The van der Waals surface area contributed by atoms with Gasteiger partial charge in [-0.15, -0.1) is 0 Å². The fraction of sp³-hybridized carbons (Fsp3) is 0.250. The van der Waals surface area contributed by atoms with Gasteiger partial charge >= 0.3 is 0 Å². The van der Waals surface area contributed by atoms with Crippen LogP contribution in [-0.2, 0) is 14.4 Å². The summed E-state index contributed by atoms with van der Waals surface area (Å²) < 4.78 is 10.4. The van der Waals surface area contributed by atoms with Gasteiger partial charge in [-0.2, -0.15) is 0 Å². The number of amides is 3. The molecule has 8 nitrogen and oxygen atoms in total. The number of ether oxygens (including phenoxy) is 2. The Bertz CT molecular complexity index is 865. The number of benzene rings is 2. The third kappa shape index (κ3) is 5.47. The first-order chi connectivity index (χ1) is 13.3. The molecule has 0 radical (unpaired) electrons. The molecule has 0 saturated heterocycles. The van der Waals surface area contributed by atoms with Crippen molar-refractivity contribution < 1.29 is 23.9 Å². The first-order valence-electron chi connectivity index (χ1n) is 8.51. The molecule has 3 amide bonds. The minimum atomic E-state index is -0.396. The van der Waals surface area contributed by atoms with Gasteiger partial charge in [0.1, 0.15) is 18.0 Å². The maximum Gasteiger partial charge on any atom is 0.244 e. The van der Waals surface area contributed by atoms with Crippen molar-refractivity contribution in [1.29, 1.82) is 0 Å². The molecule has 8 heteroatoms. The molecule has 2 aromatic carbocycles. The van der Waals surface area contributed by atoms with E-state index in [4.69, 9.17) is 9.47 Å². The lowest BCUT2D eigenvalue weighted by Gasteiger charge is -2.21. The lowest BCUT2D eigenvalue weighted by molar-refractivity contribution is -0.120. The molecule has 0 aliphatic rings.